The van der Waals surface area contributed by atoms with E-state index in [4.69, 9.17) is 16.1 Å². The van der Waals surface area contributed by atoms with Gasteiger partial charge in [-0.1, -0.05) is 28.9 Å². The van der Waals surface area contributed by atoms with Gasteiger partial charge in [0.15, 0.2) is 5.76 Å². The third-order valence-electron chi connectivity index (χ3n) is 3.32. The van der Waals surface area contributed by atoms with Crippen LogP contribution in [0, 0.1) is 6.92 Å². The van der Waals surface area contributed by atoms with Crippen molar-refractivity contribution in [3.05, 3.63) is 40.5 Å². The Bertz CT molecular complexity index is 653. The number of hydrogen-bond acceptors (Lipinski definition) is 4. The van der Waals surface area contributed by atoms with Gasteiger partial charge in [-0.25, -0.2) is 0 Å². The van der Waals surface area contributed by atoms with Crippen LogP contribution >= 0.6 is 11.6 Å². The lowest BCUT2D eigenvalue weighted by Crippen LogP contribution is -2.32. The van der Waals surface area contributed by atoms with Crippen molar-refractivity contribution in [3.63, 3.8) is 0 Å². The van der Waals surface area contributed by atoms with Gasteiger partial charge in [-0.3, -0.25) is 4.79 Å². The number of benzene rings is 1. The Hall–Kier alpha value is -1.85. The number of amides is 1. The summed E-state index contributed by atoms with van der Waals surface area (Å²) in [5.74, 6) is 0.507. The van der Waals surface area contributed by atoms with Crippen LogP contribution in [0.3, 0.4) is 0 Å². The standard InChI is InChI=1S/C16H20ClN3O2/c1-11-13(10-15(21)18-8-9-20(2)3)16(22-19-11)12-6-4-5-7-14(12)17/h4-7H,8-10H2,1-3H3,(H,18,21). The molecule has 0 aliphatic rings. The van der Waals surface area contributed by atoms with E-state index in [9.17, 15) is 4.79 Å². The first-order chi connectivity index (χ1) is 10.5. The second-order valence-electron chi connectivity index (χ2n) is 5.39. The largest absolute Gasteiger partial charge is 0.356 e. The fourth-order valence-corrected chi connectivity index (χ4v) is 2.32. The Kier molecular flexibility index (Phi) is 5.57. The van der Waals surface area contributed by atoms with Crippen molar-refractivity contribution in [3.8, 4) is 11.3 Å². The highest BCUT2D eigenvalue weighted by Crippen LogP contribution is 2.32. The Morgan fingerprint density at radius 3 is 2.77 bits per heavy atom. The number of hydrogen-bond donors (Lipinski definition) is 1. The van der Waals surface area contributed by atoms with E-state index in [1.807, 2.05) is 44.1 Å². The summed E-state index contributed by atoms with van der Waals surface area (Å²) in [5, 5.41) is 7.44. The highest BCUT2D eigenvalue weighted by molar-refractivity contribution is 6.33. The van der Waals surface area contributed by atoms with Crippen LogP contribution in [0.1, 0.15) is 11.3 Å². The van der Waals surface area contributed by atoms with E-state index < -0.39 is 0 Å². The number of carbonyl (C=O) groups is 1. The number of nitrogens with one attached hydrogen (secondary N) is 1. The van der Waals surface area contributed by atoms with Crippen LogP contribution in [0.15, 0.2) is 28.8 Å². The smallest absolute Gasteiger partial charge is 0.224 e. The Labute approximate surface area is 135 Å². The number of carbonyl (C=O) groups excluding carboxylic acids is 1. The third kappa shape index (κ3) is 4.08. The van der Waals surface area contributed by atoms with Crippen molar-refractivity contribution in [1.82, 2.24) is 15.4 Å². The molecule has 0 bridgehead atoms. The van der Waals surface area contributed by atoms with Gasteiger partial charge >= 0.3 is 0 Å². The van der Waals surface area contributed by atoms with Crippen LogP contribution in [-0.2, 0) is 11.2 Å². The van der Waals surface area contributed by atoms with E-state index in [1.54, 1.807) is 6.07 Å². The zero-order valence-corrected chi connectivity index (χ0v) is 13.8. The maximum Gasteiger partial charge on any atom is 0.224 e. The molecule has 6 heteroatoms. The van der Waals surface area contributed by atoms with Crippen LogP contribution in [0.25, 0.3) is 11.3 Å². The highest BCUT2D eigenvalue weighted by Gasteiger charge is 2.19. The SMILES string of the molecule is Cc1noc(-c2ccccc2Cl)c1CC(=O)NCCN(C)C. The molecule has 1 amide bonds. The normalized spacial score (nSPS) is 11.0. The molecular weight excluding hydrogens is 302 g/mol. The lowest BCUT2D eigenvalue weighted by Gasteiger charge is -2.10. The number of aromatic nitrogens is 1. The molecule has 0 aliphatic heterocycles. The predicted octanol–water partition coefficient (Wildman–Crippen LogP) is 2.52. The molecule has 118 valence electrons. The zero-order chi connectivity index (χ0) is 16.1. The van der Waals surface area contributed by atoms with Crippen molar-refractivity contribution in [2.24, 2.45) is 0 Å². The summed E-state index contributed by atoms with van der Waals surface area (Å²) >= 11 is 6.20. The van der Waals surface area contributed by atoms with Crippen molar-refractivity contribution in [1.29, 1.82) is 0 Å². The lowest BCUT2D eigenvalue weighted by molar-refractivity contribution is -0.120. The van der Waals surface area contributed by atoms with Crippen molar-refractivity contribution in [2.45, 2.75) is 13.3 Å². The number of likely N-dealkylation sites (N-methyl/N-ethyl adjacent to an activating group) is 1. The van der Waals surface area contributed by atoms with Crippen LogP contribution in [0.2, 0.25) is 5.02 Å². The second kappa shape index (κ2) is 7.42. The fourth-order valence-electron chi connectivity index (χ4n) is 2.10. The number of aryl methyl sites for hydroxylation is 1. The quantitative estimate of drug-likeness (QED) is 0.888. The first kappa shape index (κ1) is 16.5. The minimum absolute atomic E-state index is 0.0542. The van der Waals surface area contributed by atoms with Crippen molar-refractivity contribution in [2.75, 3.05) is 27.2 Å². The summed E-state index contributed by atoms with van der Waals surface area (Å²) in [5.41, 5.74) is 2.23. The van der Waals surface area contributed by atoms with Gasteiger partial charge in [0.1, 0.15) is 0 Å². The van der Waals surface area contributed by atoms with E-state index in [0.717, 1.165) is 17.7 Å². The van der Waals surface area contributed by atoms with E-state index in [0.29, 0.717) is 23.0 Å². The average Bonchev–Trinajstić information content (AvgIpc) is 2.80. The summed E-state index contributed by atoms with van der Waals surface area (Å²) < 4.78 is 5.38. The molecule has 1 aromatic heterocycles. The van der Waals surface area contributed by atoms with Crippen molar-refractivity contribution < 1.29 is 9.32 Å². The second-order valence-corrected chi connectivity index (χ2v) is 5.79. The minimum Gasteiger partial charge on any atom is -0.356 e. The van der Waals surface area contributed by atoms with Crippen LogP contribution < -0.4 is 5.32 Å². The van der Waals surface area contributed by atoms with Gasteiger partial charge in [-0.2, -0.15) is 0 Å². The van der Waals surface area contributed by atoms with Crippen LogP contribution in [0.4, 0.5) is 0 Å². The summed E-state index contributed by atoms with van der Waals surface area (Å²) in [7, 11) is 3.93. The molecule has 0 atom stereocenters. The first-order valence-electron chi connectivity index (χ1n) is 7.10. The molecule has 1 N–H and O–H groups in total. The van der Waals surface area contributed by atoms with Gasteiger partial charge in [-0.05, 0) is 33.2 Å². The van der Waals surface area contributed by atoms with Crippen LogP contribution in [0.5, 0.6) is 0 Å². The summed E-state index contributed by atoms with van der Waals surface area (Å²) in [6.07, 6.45) is 0.226. The van der Waals surface area contributed by atoms with Gasteiger partial charge in [0, 0.05) is 24.2 Å². The minimum atomic E-state index is -0.0542. The molecule has 0 saturated heterocycles. The maximum atomic E-state index is 12.1. The third-order valence-corrected chi connectivity index (χ3v) is 3.65. The Morgan fingerprint density at radius 1 is 1.36 bits per heavy atom. The predicted molar refractivity (Wildman–Crippen MR) is 87.0 cm³/mol. The molecule has 5 nitrogen and oxygen atoms in total. The Morgan fingerprint density at radius 2 is 2.09 bits per heavy atom. The number of rotatable bonds is 6. The van der Waals surface area contributed by atoms with Gasteiger partial charge < -0.3 is 14.7 Å². The molecule has 0 saturated carbocycles. The molecule has 0 radical (unpaired) electrons. The monoisotopic (exact) mass is 321 g/mol. The van der Waals surface area contributed by atoms with Gasteiger partial charge in [0.25, 0.3) is 0 Å². The van der Waals surface area contributed by atoms with Gasteiger partial charge in [0.2, 0.25) is 5.91 Å². The average molecular weight is 322 g/mol. The maximum absolute atomic E-state index is 12.1. The zero-order valence-electron chi connectivity index (χ0n) is 13.0. The molecule has 0 fully saturated rings. The summed E-state index contributed by atoms with van der Waals surface area (Å²) in [6.45, 7) is 3.23. The van der Waals surface area contributed by atoms with E-state index >= 15 is 0 Å². The number of halogens is 1. The highest BCUT2D eigenvalue weighted by atomic mass is 35.5. The molecule has 22 heavy (non-hydrogen) atoms. The number of nitrogens with zero attached hydrogens (tertiary/aromatic N) is 2. The van der Waals surface area contributed by atoms with Gasteiger partial charge in [-0.15, -0.1) is 0 Å². The molecule has 1 heterocycles. The van der Waals surface area contributed by atoms with Gasteiger partial charge in [0.05, 0.1) is 17.1 Å². The summed E-state index contributed by atoms with van der Waals surface area (Å²) in [6, 6.07) is 7.37. The van der Waals surface area contributed by atoms with E-state index in [-0.39, 0.29) is 12.3 Å². The molecule has 2 aromatic rings. The fraction of sp³-hybridized carbons (Fsp3) is 0.375. The molecule has 0 unspecified atom stereocenters. The molecule has 1 aromatic carbocycles. The van der Waals surface area contributed by atoms with E-state index in [2.05, 4.69) is 10.5 Å². The molecule has 2 rings (SSSR count). The lowest BCUT2D eigenvalue weighted by atomic mass is 10.0. The van der Waals surface area contributed by atoms with Crippen molar-refractivity contribution >= 4 is 17.5 Å². The first-order valence-corrected chi connectivity index (χ1v) is 7.48. The topological polar surface area (TPSA) is 58.4 Å². The molecule has 0 spiro atoms. The molecular formula is C16H20ClN3O2. The summed E-state index contributed by atoms with van der Waals surface area (Å²) in [4.78, 5) is 14.1. The van der Waals surface area contributed by atoms with E-state index in [1.165, 1.54) is 0 Å². The molecule has 0 aliphatic carbocycles. The van der Waals surface area contributed by atoms with Crippen LogP contribution in [-0.4, -0.2) is 43.1 Å². The Balaban J connectivity index is 2.14.